The molecule has 0 aliphatic carbocycles. The average Bonchev–Trinajstić information content (AvgIpc) is 2.81. The van der Waals surface area contributed by atoms with E-state index >= 15 is 0 Å². The molecule has 0 aliphatic heterocycles. The molecule has 0 heterocycles. The first-order valence-electron chi connectivity index (χ1n) is 10.4. The maximum atomic E-state index is 12.5. The highest BCUT2D eigenvalue weighted by molar-refractivity contribution is 7.80. The van der Waals surface area contributed by atoms with Gasteiger partial charge in [-0.05, 0) is 67.2 Å². The topological polar surface area (TPSA) is 68.8 Å². The minimum Gasteiger partial charge on any atom is -0.494 e. The van der Waals surface area contributed by atoms with Crippen LogP contribution < -0.4 is 24.8 Å². The number of nitrogens with one attached hydrogen (secondary N) is 2. The summed E-state index contributed by atoms with van der Waals surface area (Å²) >= 11 is 5.26. The molecular formula is C25H26N2O4S. The smallest absolute Gasteiger partial charge is 0.257 e. The van der Waals surface area contributed by atoms with Gasteiger partial charge in [-0.2, -0.15) is 0 Å². The van der Waals surface area contributed by atoms with Crippen LogP contribution in [0.25, 0.3) is 0 Å². The Hall–Kier alpha value is -3.58. The molecule has 0 bridgehead atoms. The summed E-state index contributed by atoms with van der Waals surface area (Å²) in [7, 11) is 0. The second kappa shape index (κ2) is 12.3. The molecule has 3 aromatic rings. The fraction of sp³-hybridized carbons (Fsp3) is 0.200. The van der Waals surface area contributed by atoms with Gasteiger partial charge < -0.3 is 19.5 Å². The van der Waals surface area contributed by atoms with Crippen molar-refractivity contribution >= 4 is 28.9 Å². The molecule has 0 saturated heterocycles. The van der Waals surface area contributed by atoms with Crippen molar-refractivity contribution in [2.75, 3.05) is 25.1 Å². The minimum absolute atomic E-state index is 0.209. The van der Waals surface area contributed by atoms with Gasteiger partial charge in [-0.1, -0.05) is 31.2 Å². The SMILES string of the molecule is CCCOc1cccc(NC(=S)NC(=O)c2ccc(OCCOc3ccccc3)cc2)c1. The maximum absolute atomic E-state index is 12.5. The lowest BCUT2D eigenvalue weighted by Crippen LogP contribution is -2.34. The van der Waals surface area contributed by atoms with Crippen LogP contribution >= 0.6 is 12.2 Å². The van der Waals surface area contributed by atoms with Crippen molar-refractivity contribution in [3.05, 3.63) is 84.4 Å². The predicted octanol–water partition coefficient (Wildman–Crippen LogP) is 5.06. The molecule has 0 saturated carbocycles. The number of rotatable bonds is 10. The van der Waals surface area contributed by atoms with E-state index in [2.05, 4.69) is 10.6 Å². The summed E-state index contributed by atoms with van der Waals surface area (Å²) < 4.78 is 16.9. The van der Waals surface area contributed by atoms with Crippen LogP contribution in [-0.2, 0) is 0 Å². The number of hydrogen-bond donors (Lipinski definition) is 2. The molecule has 0 unspecified atom stereocenters. The van der Waals surface area contributed by atoms with E-state index in [0.29, 0.717) is 31.1 Å². The molecular weight excluding hydrogens is 424 g/mol. The first kappa shape index (κ1) is 23.1. The van der Waals surface area contributed by atoms with Crippen molar-refractivity contribution in [3.8, 4) is 17.2 Å². The van der Waals surface area contributed by atoms with Crippen LogP contribution in [0, 0.1) is 0 Å². The predicted molar refractivity (Wildman–Crippen MR) is 130 cm³/mol. The number of ether oxygens (including phenoxy) is 3. The molecule has 32 heavy (non-hydrogen) atoms. The third-order valence-corrected chi connectivity index (χ3v) is 4.48. The summed E-state index contributed by atoms with van der Waals surface area (Å²) in [5.74, 6) is 1.89. The van der Waals surface area contributed by atoms with Crippen LogP contribution in [0.2, 0.25) is 0 Å². The first-order chi connectivity index (χ1) is 15.6. The highest BCUT2D eigenvalue weighted by atomic mass is 32.1. The van der Waals surface area contributed by atoms with Gasteiger partial charge in [0.15, 0.2) is 5.11 Å². The standard InChI is InChI=1S/C25H26N2O4S/c1-2-15-29-23-10-6-7-20(18-23)26-25(32)27-24(28)19-11-13-22(14-12-19)31-17-16-30-21-8-4-3-5-9-21/h3-14,18H,2,15-17H2,1H3,(H2,26,27,28,32). The van der Waals surface area contributed by atoms with Gasteiger partial charge in [0.25, 0.3) is 5.91 Å². The lowest BCUT2D eigenvalue weighted by Gasteiger charge is -2.12. The van der Waals surface area contributed by atoms with E-state index in [4.69, 9.17) is 26.4 Å². The number of carbonyl (C=O) groups excluding carboxylic acids is 1. The second-order valence-electron chi connectivity index (χ2n) is 6.82. The Kier molecular flexibility index (Phi) is 8.89. The van der Waals surface area contributed by atoms with Crippen LogP contribution in [0.1, 0.15) is 23.7 Å². The van der Waals surface area contributed by atoms with Crippen molar-refractivity contribution in [3.63, 3.8) is 0 Å². The van der Waals surface area contributed by atoms with E-state index in [1.165, 1.54) is 0 Å². The third-order valence-electron chi connectivity index (χ3n) is 4.27. The molecule has 0 atom stereocenters. The molecule has 1 amide bonds. The maximum Gasteiger partial charge on any atom is 0.257 e. The molecule has 166 valence electrons. The Bertz CT molecular complexity index is 1010. The van der Waals surface area contributed by atoms with Crippen LogP contribution in [0.3, 0.4) is 0 Å². The normalized spacial score (nSPS) is 10.2. The summed E-state index contributed by atoms with van der Waals surface area (Å²) in [6.07, 6.45) is 0.928. The molecule has 0 aromatic heterocycles. The summed E-state index contributed by atoms with van der Waals surface area (Å²) in [5, 5.41) is 5.89. The van der Waals surface area contributed by atoms with E-state index in [1.54, 1.807) is 24.3 Å². The summed E-state index contributed by atoms with van der Waals surface area (Å²) in [6, 6.07) is 23.8. The van der Waals surface area contributed by atoms with Gasteiger partial charge in [0.05, 0.1) is 6.61 Å². The van der Waals surface area contributed by atoms with E-state index in [-0.39, 0.29) is 11.0 Å². The fourth-order valence-electron chi connectivity index (χ4n) is 2.76. The van der Waals surface area contributed by atoms with Gasteiger partial charge in [-0.15, -0.1) is 0 Å². The molecule has 6 nitrogen and oxygen atoms in total. The number of para-hydroxylation sites is 1. The highest BCUT2D eigenvalue weighted by Crippen LogP contribution is 2.18. The van der Waals surface area contributed by atoms with Crippen LogP contribution in [-0.4, -0.2) is 30.8 Å². The van der Waals surface area contributed by atoms with Crippen molar-refractivity contribution in [1.29, 1.82) is 0 Å². The molecule has 7 heteroatoms. The largest absolute Gasteiger partial charge is 0.494 e. The summed E-state index contributed by atoms with van der Waals surface area (Å²) in [5.41, 5.74) is 1.22. The van der Waals surface area contributed by atoms with Gasteiger partial charge in [0.2, 0.25) is 0 Å². The third kappa shape index (κ3) is 7.59. The van der Waals surface area contributed by atoms with E-state index in [9.17, 15) is 4.79 Å². The lowest BCUT2D eigenvalue weighted by atomic mass is 10.2. The van der Waals surface area contributed by atoms with E-state index < -0.39 is 0 Å². The molecule has 2 N–H and O–H groups in total. The minimum atomic E-state index is -0.306. The Balaban J connectivity index is 1.43. The first-order valence-corrected chi connectivity index (χ1v) is 10.8. The number of benzene rings is 3. The Morgan fingerprint density at radius 2 is 1.41 bits per heavy atom. The zero-order valence-electron chi connectivity index (χ0n) is 17.9. The Morgan fingerprint density at radius 3 is 2.09 bits per heavy atom. The van der Waals surface area contributed by atoms with Crippen LogP contribution in [0.5, 0.6) is 17.2 Å². The Morgan fingerprint density at radius 1 is 0.781 bits per heavy atom. The zero-order valence-corrected chi connectivity index (χ0v) is 18.7. The quantitative estimate of drug-likeness (QED) is 0.332. The summed E-state index contributed by atoms with van der Waals surface area (Å²) in [4.78, 5) is 12.5. The monoisotopic (exact) mass is 450 g/mol. The van der Waals surface area contributed by atoms with Gasteiger partial charge in [-0.25, -0.2) is 0 Å². The zero-order chi connectivity index (χ0) is 22.6. The molecule has 0 fully saturated rings. The van der Waals surface area contributed by atoms with Gasteiger partial charge in [-0.3, -0.25) is 10.1 Å². The second-order valence-corrected chi connectivity index (χ2v) is 7.23. The molecule has 3 rings (SSSR count). The summed E-state index contributed by atoms with van der Waals surface area (Å²) in [6.45, 7) is 3.52. The molecule has 0 spiro atoms. The van der Waals surface area contributed by atoms with Crippen molar-refractivity contribution in [2.24, 2.45) is 0 Å². The number of carbonyl (C=O) groups is 1. The molecule has 0 radical (unpaired) electrons. The van der Waals surface area contributed by atoms with Crippen molar-refractivity contribution in [2.45, 2.75) is 13.3 Å². The molecule has 3 aromatic carbocycles. The fourth-order valence-corrected chi connectivity index (χ4v) is 2.97. The highest BCUT2D eigenvalue weighted by Gasteiger charge is 2.09. The van der Waals surface area contributed by atoms with E-state index in [0.717, 1.165) is 23.6 Å². The van der Waals surface area contributed by atoms with Gasteiger partial charge in [0.1, 0.15) is 30.5 Å². The van der Waals surface area contributed by atoms with Crippen LogP contribution in [0.15, 0.2) is 78.9 Å². The molecule has 0 aliphatic rings. The van der Waals surface area contributed by atoms with Gasteiger partial charge in [0, 0.05) is 17.3 Å². The Labute approximate surface area is 193 Å². The number of hydrogen-bond acceptors (Lipinski definition) is 5. The lowest BCUT2D eigenvalue weighted by molar-refractivity contribution is 0.0977. The number of anilines is 1. The average molecular weight is 451 g/mol. The number of amides is 1. The van der Waals surface area contributed by atoms with Crippen LogP contribution in [0.4, 0.5) is 5.69 Å². The van der Waals surface area contributed by atoms with E-state index in [1.807, 2.05) is 61.5 Å². The van der Waals surface area contributed by atoms with Gasteiger partial charge >= 0.3 is 0 Å². The number of thiocarbonyl (C=S) groups is 1. The van der Waals surface area contributed by atoms with Crippen molar-refractivity contribution in [1.82, 2.24) is 5.32 Å². The van der Waals surface area contributed by atoms with Crippen molar-refractivity contribution < 1.29 is 19.0 Å².